The van der Waals surface area contributed by atoms with Crippen molar-refractivity contribution in [3.05, 3.63) is 42.5 Å². The molecule has 1 unspecified atom stereocenters. The third-order valence-electron chi connectivity index (χ3n) is 7.52. The molecule has 2 saturated heterocycles. The van der Waals surface area contributed by atoms with E-state index in [-0.39, 0.29) is 6.10 Å². The minimum absolute atomic E-state index is 0.0279. The van der Waals surface area contributed by atoms with Gasteiger partial charge in [-0.15, -0.1) is 6.58 Å². The minimum Gasteiger partial charge on any atom is -0.372 e. The first-order valence-corrected chi connectivity index (χ1v) is 12.8. The second kappa shape index (κ2) is 11.9. The molecule has 5 heteroatoms. The van der Waals surface area contributed by atoms with Crippen LogP contribution in [0.15, 0.2) is 36.9 Å². The minimum atomic E-state index is 0.0279. The highest BCUT2D eigenvalue weighted by atomic mass is 16.5. The molecule has 0 N–H and O–H groups in total. The molecule has 0 radical (unpaired) electrons. The van der Waals surface area contributed by atoms with Crippen LogP contribution in [0, 0.1) is 5.92 Å². The van der Waals surface area contributed by atoms with E-state index in [2.05, 4.69) is 45.5 Å². The Kier molecular flexibility index (Phi) is 8.63. The monoisotopic (exact) mass is 439 g/mol. The zero-order chi connectivity index (χ0) is 22.2. The van der Waals surface area contributed by atoms with Crippen molar-refractivity contribution in [2.75, 3.05) is 57.3 Å². The fourth-order valence-electron chi connectivity index (χ4n) is 5.53. The number of nitrogens with zero attached hydrogens (tertiary/aromatic N) is 3. The molecule has 1 aliphatic carbocycles. The summed E-state index contributed by atoms with van der Waals surface area (Å²) in [6.07, 6.45) is 11.6. The average molecular weight is 440 g/mol. The van der Waals surface area contributed by atoms with Gasteiger partial charge in [0.2, 0.25) is 5.91 Å². The van der Waals surface area contributed by atoms with Crippen LogP contribution < -0.4 is 4.90 Å². The number of rotatable bonds is 10. The number of carbonyl (C=O) groups excluding carboxylic acids is 1. The molecule has 0 spiro atoms. The van der Waals surface area contributed by atoms with Crippen LogP contribution in [0.5, 0.6) is 0 Å². The summed E-state index contributed by atoms with van der Waals surface area (Å²) in [5, 5.41) is 0. The molecule has 4 rings (SSSR count). The standard InChI is InChI=1S/C27H41N3O2/c1-2-20-32-26(24-10-7-11-25(21-24)29-14-5-6-15-29)22-28-16-18-30(19-17-28)27(31)13-12-23-8-3-4-9-23/h2,7,10-11,21,23,26H,1,3-6,8-9,12-20,22H2. The first-order valence-electron chi connectivity index (χ1n) is 12.8. The lowest BCUT2D eigenvalue weighted by Crippen LogP contribution is -2.49. The number of amides is 1. The molecule has 176 valence electrons. The van der Waals surface area contributed by atoms with Gasteiger partial charge < -0.3 is 14.5 Å². The number of carbonyl (C=O) groups is 1. The highest BCUT2D eigenvalue weighted by Gasteiger charge is 2.25. The Hall–Kier alpha value is -1.85. The number of hydrogen-bond acceptors (Lipinski definition) is 4. The maximum atomic E-state index is 12.7. The van der Waals surface area contributed by atoms with Gasteiger partial charge in [-0.25, -0.2) is 0 Å². The third kappa shape index (κ3) is 6.35. The van der Waals surface area contributed by atoms with E-state index in [1.807, 2.05) is 6.08 Å². The number of benzene rings is 1. The molecular formula is C27H41N3O2. The number of piperazine rings is 1. The Bertz CT molecular complexity index is 732. The molecule has 5 nitrogen and oxygen atoms in total. The lowest BCUT2D eigenvalue weighted by atomic mass is 10.0. The number of hydrogen-bond donors (Lipinski definition) is 0. The largest absolute Gasteiger partial charge is 0.372 e. The van der Waals surface area contributed by atoms with Crippen molar-refractivity contribution in [3.63, 3.8) is 0 Å². The van der Waals surface area contributed by atoms with E-state index in [4.69, 9.17) is 4.74 Å². The van der Waals surface area contributed by atoms with E-state index < -0.39 is 0 Å². The van der Waals surface area contributed by atoms with Gasteiger partial charge in [-0.05, 0) is 42.9 Å². The van der Waals surface area contributed by atoms with Gasteiger partial charge in [-0.3, -0.25) is 9.69 Å². The van der Waals surface area contributed by atoms with Crippen molar-refractivity contribution in [1.82, 2.24) is 9.80 Å². The van der Waals surface area contributed by atoms with Crippen LogP contribution in [0.3, 0.4) is 0 Å². The third-order valence-corrected chi connectivity index (χ3v) is 7.52. The van der Waals surface area contributed by atoms with Gasteiger partial charge >= 0.3 is 0 Å². The quantitative estimate of drug-likeness (QED) is 0.498. The fourth-order valence-corrected chi connectivity index (χ4v) is 5.53. The maximum absolute atomic E-state index is 12.7. The molecule has 1 aromatic rings. The van der Waals surface area contributed by atoms with E-state index in [1.165, 1.54) is 49.8 Å². The highest BCUT2D eigenvalue weighted by Crippen LogP contribution is 2.29. The van der Waals surface area contributed by atoms with E-state index in [0.29, 0.717) is 12.5 Å². The van der Waals surface area contributed by atoms with Crippen molar-refractivity contribution >= 4 is 11.6 Å². The summed E-state index contributed by atoms with van der Waals surface area (Å²) >= 11 is 0. The molecule has 1 saturated carbocycles. The summed E-state index contributed by atoms with van der Waals surface area (Å²) in [4.78, 5) is 19.7. The summed E-state index contributed by atoms with van der Waals surface area (Å²) in [5.41, 5.74) is 2.55. The molecule has 1 amide bonds. The van der Waals surface area contributed by atoms with Crippen molar-refractivity contribution in [2.24, 2.45) is 5.92 Å². The first kappa shape index (κ1) is 23.3. The predicted molar refractivity (Wildman–Crippen MR) is 131 cm³/mol. The molecule has 32 heavy (non-hydrogen) atoms. The molecule has 1 aromatic carbocycles. The van der Waals surface area contributed by atoms with Crippen molar-refractivity contribution in [1.29, 1.82) is 0 Å². The van der Waals surface area contributed by atoms with Crippen LogP contribution in [-0.2, 0) is 9.53 Å². The van der Waals surface area contributed by atoms with Crippen LogP contribution in [0.25, 0.3) is 0 Å². The SMILES string of the molecule is C=CCOC(CN1CCN(C(=O)CCC2CCCC2)CC1)c1cccc(N2CCCC2)c1. The summed E-state index contributed by atoms with van der Waals surface area (Å²) in [5.74, 6) is 1.15. The predicted octanol–water partition coefficient (Wildman–Crippen LogP) is 4.65. The summed E-state index contributed by atoms with van der Waals surface area (Å²) in [6, 6.07) is 8.88. The number of anilines is 1. The zero-order valence-corrected chi connectivity index (χ0v) is 19.7. The van der Waals surface area contributed by atoms with Crippen LogP contribution in [-0.4, -0.2) is 68.1 Å². The van der Waals surface area contributed by atoms with Crippen LogP contribution >= 0.6 is 0 Å². The Morgan fingerprint density at radius 2 is 1.81 bits per heavy atom. The fraction of sp³-hybridized carbons (Fsp3) is 0.667. The van der Waals surface area contributed by atoms with Gasteiger partial charge in [-0.1, -0.05) is 43.9 Å². The Morgan fingerprint density at radius 3 is 2.53 bits per heavy atom. The van der Waals surface area contributed by atoms with E-state index in [9.17, 15) is 4.79 Å². The van der Waals surface area contributed by atoms with Gasteiger partial charge in [0, 0.05) is 57.9 Å². The first-order chi connectivity index (χ1) is 15.7. The lowest BCUT2D eigenvalue weighted by Gasteiger charge is -2.36. The Labute approximate surface area is 194 Å². The van der Waals surface area contributed by atoms with E-state index in [1.54, 1.807) is 0 Å². The Balaban J connectivity index is 1.29. The summed E-state index contributed by atoms with van der Waals surface area (Å²) in [6.45, 7) is 11.1. The van der Waals surface area contributed by atoms with Crippen molar-refractivity contribution in [2.45, 2.75) is 57.5 Å². The van der Waals surface area contributed by atoms with Gasteiger partial charge in [0.05, 0.1) is 12.7 Å². The molecule has 0 bridgehead atoms. The van der Waals surface area contributed by atoms with Gasteiger partial charge in [0.1, 0.15) is 0 Å². The molecule has 3 fully saturated rings. The second-order valence-corrected chi connectivity index (χ2v) is 9.77. The topological polar surface area (TPSA) is 36.0 Å². The van der Waals surface area contributed by atoms with Crippen LogP contribution in [0.1, 0.15) is 63.0 Å². The lowest BCUT2D eigenvalue weighted by molar-refractivity contribution is -0.133. The smallest absolute Gasteiger partial charge is 0.222 e. The van der Waals surface area contributed by atoms with Crippen molar-refractivity contribution < 1.29 is 9.53 Å². The zero-order valence-electron chi connectivity index (χ0n) is 19.7. The summed E-state index contributed by atoms with van der Waals surface area (Å²) in [7, 11) is 0. The molecule has 3 aliphatic rings. The summed E-state index contributed by atoms with van der Waals surface area (Å²) < 4.78 is 6.21. The van der Waals surface area contributed by atoms with Crippen LogP contribution in [0.4, 0.5) is 5.69 Å². The van der Waals surface area contributed by atoms with Crippen molar-refractivity contribution in [3.8, 4) is 0 Å². The average Bonchev–Trinajstić information content (AvgIpc) is 3.55. The van der Waals surface area contributed by atoms with E-state index in [0.717, 1.165) is 64.6 Å². The Morgan fingerprint density at radius 1 is 1.06 bits per heavy atom. The highest BCUT2D eigenvalue weighted by molar-refractivity contribution is 5.76. The molecular weight excluding hydrogens is 398 g/mol. The normalized spacial score (nSPS) is 21.2. The molecule has 1 atom stereocenters. The second-order valence-electron chi connectivity index (χ2n) is 9.77. The van der Waals surface area contributed by atoms with Gasteiger partial charge in [-0.2, -0.15) is 0 Å². The van der Waals surface area contributed by atoms with Gasteiger partial charge in [0.25, 0.3) is 0 Å². The molecule has 0 aromatic heterocycles. The maximum Gasteiger partial charge on any atom is 0.222 e. The molecule has 2 aliphatic heterocycles. The van der Waals surface area contributed by atoms with E-state index >= 15 is 0 Å². The van der Waals surface area contributed by atoms with Gasteiger partial charge in [0.15, 0.2) is 0 Å². The number of ether oxygens (including phenoxy) is 1. The van der Waals surface area contributed by atoms with Crippen LogP contribution in [0.2, 0.25) is 0 Å². The molecule has 2 heterocycles.